The van der Waals surface area contributed by atoms with Gasteiger partial charge in [-0.25, -0.2) is 4.79 Å². The number of hydrogen-bond donors (Lipinski definition) is 1. The number of pyridine rings is 2. The first-order valence-corrected chi connectivity index (χ1v) is 18.9. The minimum Gasteiger partial charge on any atom is -0.490 e. The highest BCUT2D eigenvalue weighted by Crippen LogP contribution is 2.21. The largest absolute Gasteiger partial charge is 0.490 e. The minimum absolute atomic E-state index is 0. The van der Waals surface area contributed by atoms with Gasteiger partial charge < -0.3 is 34.2 Å². The van der Waals surface area contributed by atoms with Crippen LogP contribution in [0.5, 0.6) is 11.5 Å². The number of nitrogens with zero attached hydrogens (tertiary/aromatic N) is 5. The summed E-state index contributed by atoms with van der Waals surface area (Å²) in [5.74, 6) is 1.27. The zero-order chi connectivity index (χ0) is 37.8. The van der Waals surface area contributed by atoms with E-state index in [-0.39, 0.29) is 61.4 Å². The number of rotatable bonds is 8. The van der Waals surface area contributed by atoms with Gasteiger partial charge in [0.25, 0.3) is 11.8 Å². The summed E-state index contributed by atoms with van der Waals surface area (Å²) >= 11 is 6.83. The van der Waals surface area contributed by atoms with E-state index in [1.165, 1.54) is 0 Å². The van der Waals surface area contributed by atoms with E-state index in [1.807, 2.05) is 80.3 Å². The summed E-state index contributed by atoms with van der Waals surface area (Å²) in [4.78, 5) is 51.9. The lowest BCUT2D eigenvalue weighted by molar-refractivity contribution is -0.000953. The Balaban J connectivity index is 0.000000294. The molecule has 2 aliphatic heterocycles. The average Bonchev–Trinajstić information content (AvgIpc) is 3.16. The van der Waals surface area contributed by atoms with Crippen LogP contribution >= 0.6 is 56.7 Å². The predicted octanol–water partition coefficient (Wildman–Crippen LogP) is 7.17. The van der Waals surface area contributed by atoms with E-state index in [2.05, 4.69) is 47.1 Å². The van der Waals surface area contributed by atoms with Crippen molar-refractivity contribution in [1.82, 2.24) is 30.0 Å². The molecule has 6 rings (SSSR count). The smallest absolute Gasteiger partial charge is 0.410 e. The Morgan fingerprint density at radius 3 is 1.76 bits per heavy atom. The van der Waals surface area contributed by atoms with Crippen LogP contribution in [0.25, 0.3) is 0 Å². The molecule has 0 bridgehead atoms. The SMILES string of the molecule is CC(C)(C)OC(=O)N1CCN(C(=O)c2cccc(Br)c2)C(COc2cccnc2)C1.Cl.Cl.O=C(c1cccc(Br)c1)N1CCNCC1COc1cccnc1. The van der Waals surface area contributed by atoms with Gasteiger partial charge in [-0.05, 0) is 81.4 Å². The van der Waals surface area contributed by atoms with Crippen LogP contribution in [0.3, 0.4) is 0 Å². The first kappa shape index (κ1) is 45.4. The Morgan fingerprint density at radius 2 is 1.27 bits per heavy atom. The topological polar surface area (TPSA) is 126 Å². The molecule has 4 heterocycles. The van der Waals surface area contributed by atoms with Gasteiger partial charge in [0, 0.05) is 71.7 Å². The van der Waals surface area contributed by atoms with Gasteiger partial charge in [0.1, 0.15) is 30.3 Å². The number of nitrogens with one attached hydrogen (secondary N) is 1. The maximum atomic E-state index is 13.2. The van der Waals surface area contributed by atoms with Crippen molar-refractivity contribution in [3.05, 3.63) is 118 Å². The maximum Gasteiger partial charge on any atom is 0.410 e. The van der Waals surface area contributed by atoms with Crippen molar-refractivity contribution < 1.29 is 28.6 Å². The first-order valence-electron chi connectivity index (χ1n) is 17.3. The third-order valence-electron chi connectivity index (χ3n) is 8.30. The zero-order valence-corrected chi connectivity index (χ0v) is 35.6. The van der Waals surface area contributed by atoms with Crippen LogP contribution in [0.4, 0.5) is 4.79 Å². The molecule has 2 fully saturated rings. The van der Waals surface area contributed by atoms with Crippen molar-refractivity contribution in [3.63, 3.8) is 0 Å². The summed E-state index contributed by atoms with van der Waals surface area (Å²) in [5, 5.41) is 3.32. The molecule has 2 aromatic carbocycles. The van der Waals surface area contributed by atoms with Gasteiger partial charge in [-0.2, -0.15) is 0 Å². The quantitative estimate of drug-likeness (QED) is 0.196. The molecule has 3 amide bonds. The van der Waals surface area contributed by atoms with E-state index < -0.39 is 5.60 Å². The standard InChI is InChI=1S/C22H26BrN3O4.C17H18BrN3O2.2ClH/c1-22(2,3)30-21(28)25-10-11-26(20(27)16-6-4-7-17(23)12-16)18(14-25)15-29-19-8-5-9-24-13-19;18-14-4-1-3-13(9-14)17(22)21-8-7-20-10-15(21)12-23-16-5-2-6-19-11-16;;/h4-9,12-13,18H,10-11,14-15H2,1-3H3;1-6,9,11,15,20H,7-8,10,12H2;2*1H. The van der Waals surface area contributed by atoms with E-state index >= 15 is 0 Å². The van der Waals surface area contributed by atoms with Crippen molar-refractivity contribution in [3.8, 4) is 11.5 Å². The van der Waals surface area contributed by atoms with E-state index in [9.17, 15) is 14.4 Å². The normalized spacial score (nSPS) is 16.6. The average molecular weight is 926 g/mol. The third-order valence-corrected chi connectivity index (χ3v) is 9.29. The number of carbonyl (C=O) groups excluding carboxylic acids is 3. The molecular formula is C39H46Br2Cl2N6O6. The zero-order valence-electron chi connectivity index (χ0n) is 30.8. The van der Waals surface area contributed by atoms with E-state index in [1.54, 1.807) is 52.8 Å². The third kappa shape index (κ3) is 13.9. The van der Waals surface area contributed by atoms with E-state index in [4.69, 9.17) is 14.2 Å². The fourth-order valence-electron chi connectivity index (χ4n) is 5.76. The van der Waals surface area contributed by atoms with Crippen molar-refractivity contribution in [1.29, 1.82) is 0 Å². The lowest BCUT2D eigenvalue weighted by Gasteiger charge is -2.41. The molecule has 16 heteroatoms. The Hall–Kier alpha value is -3.95. The van der Waals surface area contributed by atoms with Gasteiger partial charge in [0.15, 0.2) is 0 Å². The summed E-state index contributed by atoms with van der Waals surface area (Å²) in [6.45, 7) is 9.50. The van der Waals surface area contributed by atoms with Gasteiger partial charge in [-0.1, -0.05) is 44.0 Å². The van der Waals surface area contributed by atoms with Crippen LogP contribution in [0.15, 0.2) is 107 Å². The number of piperazine rings is 2. The van der Waals surface area contributed by atoms with Crippen LogP contribution in [0.2, 0.25) is 0 Å². The number of halogens is 4. The van der Waals surface area contributed by atoms with Crippen LogP contribution in [-0.4, -0.2) is 113 Å². The summed E-state index contributed by atoms with van der Waals surface area (Å²) in [6, 6.07) is 21.7. The maximum absolute atomic E-state index is 13.2. The summed E-state index contributed by atoms with van der Waals surface area (Å²) in [7, 11) is 0. The Labute approximate surface area is 351 Å². The lowest BCUT2D eigenvalue weighted by atomic mass is 10.1. The number of hydrogen-bond acceptors (Lipinski definition) is 9. The van der Waals surface area contributed by atoms with Crippen molar-refractivity contribution >= 4 is 74.6 Å². The van der Waals surface area contributed by atoms with Crippen molar-refractivity contribution in [2.24, 2.45) is 0 Å². The molecule has 0 radical (unpaired) electrons. The number of ether oxygens (including phenoxy) is 3. The van der Waals surface area contributed by atoms with Gasteiger partial charge >= 0.3 is 6.09 Å². The Bertz CT molecular complexity index is 1830. The molecular weight excluding hydrogens is 879 g/mol. The highest BCUT2D eigenvalue weighted by Gasteiger charge is 2.35. The Kier molecular flexibility index (Phi) is 18.1. The van der Waals surface area contributed by atoms with Crippen molar-refractivity contribution in [2.45, 2.75) is 38.5 Å². The van der Waals surface area contributed by atoms with Crippen LogP contribution in [-0.2, 0) is 4.74 Å². The first-order chi connectivity index (χ1) is 25.5. The molecule has 4 aromatic rings. The van der Waals surface area contributed by atoms with Crippen LogP contribution in [0, 0.1) is 0 Å². The highest BCUT2D eigenvalue weighted by atomic mass is 79.9. The number of aromatic nitrogens is 2. The van der Waals surface area contributed by atoms with Gasteiger partial charge in [0.05, 0.1) is 24.5 Å². The highest BCUT2D eigenvalue weighted by molar-refractivity contribution is 9.10. The molecule has 2 aliphatic rings. The summed E-state index contributed by atoms with van der Waals surface area (Å²) < 4.78 is 18.9. The molecule has 55 heavy (non-hydrogen) atoms. The molecule has 0 aliphatic carbocycles. The molecule has 2 aromatic heterocycles. The predicted molar refractivity (Wildman–Crippen MR) is 223 cm³/mol. The van der Waals surface area contributed by atoms with Crippen LogP contribution in [0.1, 0.15) is 41.5 Å². The van der Waals surface area contributed by atoms with Gasteiger partial charge in [-0.3, -0.25) is 19.6 Å². The summed E-state index contributed by atoms with van der Waals surface area (Å²) in [5.41, 5.74) is 0.691. The second kappa shape index (κ2) is 22.0. The molecule has 2 unspecified atom stereocenters. The van der Waals surface area contributed by atoms with Gasteiger partial charge in [-0.15, -0.1) is 24.8 Å². The molecule has 2 atom stereocenters. The molecule has 12 nitrogen and oxygen atoms in total. The van der Waals surface area contributed by atoms with Crippen LogP contribution < -0.4 is 14.8 Å². The van der Waals surface area contributed by atoms with E-state index in [0.29, 0.717) is 55.4 Å². The van der Waals surface area contributed by atoms with Crippen molar-refractivity contribution in [2.75, 3.05) is 52.5 Å². The summed E-state index contributed by atoms with van der Waals surface area (Å²) in [6.07, 6.45) is 6.29. The number of carbonyl (C=O) groups is 3. The fraction of sp³-hybridized carbons (Fsp3) is 0.359. The van der Waals surface area contributed by atoms with Gasteiger partial charge in [0.2, 0.25) is 0 Å². The van der Waals surface area contributed by atoms with E-state index in [0.717, 1.165) is 22.0 Å². The molecule has 0 spiro atoms. The number of amides is 3. The fourth-order valence-corrected chi connectivity index (χ4v) is 6.56. The molecule has 1 N–H and O–H groups in total. The monoisotopic (exact) mass is 922 g/mol. The second-order valence-electron chi connectivity index (χ2n) is 13.5. The minimum atomic E-state index is -0.581. The molecule has 2 saturated heterocycles. The molecule has 296 valence electrons. The molecule has 0 saturated carbocycles. The number of benzene rings is 2. The second-order valence-corrected chi connectivity index (χ2v) is 15.3. The Morgan fingerprint density at radius 1 is 0.745 bits per heavy atom. The lowest BCUT2D eigenvalue weighted by Crippen LogP contribution is -2.59.